The molecular formula is C22H24F2N4O2. The number of benzene rings is 1. The SMILES string of the molecule is OC(NCC1CCN(Cc2ccccn2)CC1)c1cc(-c2ccc(F)cc2F)on1. The average molecular weight is 414 g/mol. The van der Waals surface area contributed by atoms with Gasteiger partial charge in [-0.3, -0.25) is 15.2 Å². The lowest BCUT2D eigenvalue weighted by Gasteiger charge is -2.32. The minimum absolute atomic E-state index is 0.0997. The zero-order valence-corrected chi connectivity index (χ0v) is 16.5. The van der Waals surface area contributed by atoms with Crippen molar-refractivity contribution >= 4 is 0 Å². The molecule has 0 saturated carbocycles. The lowest BCUT2D eigenvalue weighted by Crippen LogP contribution is -2.37. The molecule has 1 aromatic carbocycles. The second-order valence-electron chi connectivity index (χ2n) is 7.59. The van der Waals surface area contributed by atoms with Crippen LogP contribution in [0.5, 0.6) is 0 Å². The Balaban J connectivity index is 1.25. The van der Waals surface area contributed by atoms with Crippen molar-refractivity contribution in [1.29, 1.82) is 0 Å². The smallest absolute Gasteiger partial charge is 0.170 e. The molecule has 0 amide bonds. The Morgan fingerprint density at radius 1 is 1.17 bits per heavy atom. The summed E-state index contributed by atoms with van der Waals surface area (Å²) in [6.07, 6.45) is 2.85. The van der Waals surface area contributed by atoms with E-state index in [9.17, 15) is 13.9 Å². The van der Waals surface area contributed by atoms with Crippen LogP contribution in [0.25, 0.3) is 11.3 Å². The van der Waals surface area contributed by atoms with Gasteiger partial charge in [-0.25, -0.2) is 8.78 Å². The summed E-state index contributed by atoms with van der Waals surface area (Å²) in [4.78, 5) is 6.76. The molecule has 3 aromatic rings. The summed E-state index contributed by atoms with van der Waals surface area (Å²) in [5, 5.41) is 17.3. The second-order valence-corrected chi connectivity index (χ2v) is 7.59. The fraction of sp³-hybridized carbons (Fsp3) is 0.364. The van der Waals surface area contributed by atoms with Gasteiger partial charge in [-0.05, 0) is 56.1 Å². The summed E-state index contributed by atoms with van der Waals surface area (Å²) >= 11 is 0. The molecule has 2 N–H and O–H groups in total. The number of nitrogens with zero attached hydrogens (tertiary/aromatic N) is 3. The van der Waals surface area contributed by atoms with Gasteiger partial charge in [-0.15, -0.1) is 0 Å². The number of aliphatic hydroxyl groups is 1. The highest BCUT2D eigenvalue weighted by Gasteiger charge is 2.22. The van der Waals surface area contributed by atoms with Crippen LogP contribution in [0.4, 0.5) is 8.78 Å². The van der Waals surface area contributed by atoms with Crippen LogP contribution in [-0.2, 0) is 6.54 Å². The monoisotopic (exact) mass is 414 g/mol. The van der Waals surface area contributed by atoms with Gasteiger partial charge in [0.25, 0.3) is 0 Å². The normalized spacial score (nSPS) is 16.6. The molecule has 6 nitrogen and oxygen atoms in total. The molecule has 1 aliphatic heterocycles. The van der Waals surface area contributed by atoms with Crippen molar-refractivity contribution in [2.75, 3.05) is 19.6 Å². The minimum Gasteiger partial charge on any atom is -0.373 e. The van der Waals surface area contributed by atoms with E-state index in [1.807, 2.05) is 24.4 Å². The standard InChI is InChI=1S/C22H24F2N4O2/c23-16-4-5-18(19(24)11-16)21-12-20(27-30-21)22(29)26-13-15-6-9-28(10-7-15)14-17-3-1-2-8-25-17/h1-5,8,11-12,15,22,26,29H,6-7,9-10,13-14H2. The predicted molar refractivity (Wildman–Crippen MR) is 107 cm³/mol. The molecule has 8 heteroatoms. The topological polar surface area (TPSA) is 74.4 Å². The summed E-state index contributed by atoms with van der Waals surface area (Å²) in [7, 11) is 0. The van der Waals surface area contributed by atoms with Crippen molar-refractivity contribution in [2.24, 2.45) is 5.92 Å². The third-order valence-corrected chi connectivity index (χ3v) is 5.42. The van der Waals surface area contributed by atoms with Crippen LogP contribution in [0.15, 0.2) is 53.2 Å². The van der Waals surface area contributed by atoms with Gasteiger partial charge in [0.2, 0.25) is 0 Å². The number of aromatic nitrogens is 2. The zero-order valence-electron chi connectivity index (χ0n) is 16.5. The number of rotatable bonds is 7. The van der Waals surface area contributed by atoms with Crippen molar-refractivity contribution in [3.05, 3.63) is 71.7 Å². The third kappa shape index (κ3) is 5.08. The Morgan fingerprint density at radius 2 is 2.00 bits per heavy atom. The molecular weight excluding hydrogens is 390 g/mol. The average Bonchev–Trinajstić information content (AvgIpc) is 3.24. The molecule has 1 aliphatic rings. The fourth-order valence-corrected chi connectivity index (χ4v) is 3.69. The van der Waals surface area contributed by atoms with Crippen molar-refractivity contribution in [2.45, 2.75) is 25.6 Å². The Labute approximate surface area is 173 Å². The van der Waals surface area contributed by atoms with Crippen LogP contribution >= 0.6 is 0 Å². The molecule has 1 atom stereocenters. The van der Waals surface area contributed by atoms with Gasteiger partial charge in [0.1, 0.15) is 17.3 Å². The first-order valence-corrected chi connectivity index (χ1v) is 10.0. The van der Waals surface area contributed by atoms with Gasteiger partial charge in [-0.2, -0.15) is 0 Å². The predicted octanol–water partition coefficient (Wildman–Crippen LogP) is 3.51. The molecule has 4 rings (SSSR count). The highest BCUT2D eigenvalue weighted by atomic mass is 19.1. The van der Waals surface area contributed by atoms with E-state index in [0.717, 1.165) is 50.3 Å². The van der Waals surface area contributed by atoms with Crippen LogP contribution < -0.4 is 5.32 Å². The van der Waals surface area contributed by atoms with Crippen LogP contribution in [0.1, 0.15) is 30.5 Å². The largest absolute Gasteiger partial charge is 0.373 e. The number of pyridine rings is 1. The van der Waals surface area contributed by atoms with Crippen molar-refractivity contribution in [3.8, 4) is 11.3 Å². The van der Waals surface area contributed by atoms with E-state index < -0.39 is 17.9 Å². The lowest BCUT2D eigenvalue weighted by molar-refractivity contribution is 0.110. The highest BCUT2D eigenvalue weighted by Crippen LogP contribution is 2.26. The number of halogens is 2. The summed E-state index contributed by atoms with van der Waals surface area (Å²) in [5.74, 6) is -0.812. The van der Waals surface area contributed by atoms with Crippen LogP contribution in [0, 0.1) is 17.6 Å². The summed E-state index contributed by atoms with van der Waals surface area (Å²) in [6.45, 7) is 3.46. The molecule has 158 valence electrons. The van der Waals surface area contributed by atoms with Gasteiger partial charge in [-0.1, -0.05) is 11.2 Å². The third-order valence-electron chi connectivity index (χ3n) is 5.42. The zero-order chi connectivity index (χ0) is 20.9. The Morgan fingerprint density at radius 3 is 2.73 bits per heavy atom. The van der Waals surface area contributed by atoms with E-state index in [4.69, 9.17) is 4.52 Å². The van der Waals surface area contributed by atoms with E-state index in [1.165, 1.54) is 12.1 Å². The second kappa shape index (κ2) is 9.42. The molecule has 0 aliphatic carbocycles. The summed E-state index contributed by atoms with van der Waals surface area (Å²) < 4.78 is 32.1. The first kappa shape index (κ1) is 20.6. The van der Waals surface area contributed by atoms with E-state index >= 15 is 0 Å². The number of likely N-dealkylation sites (tertiary alicyclic amines) is 1. The maximum absolute atomic E-state index is 13.9. The van der Waals surface area contributed by atoms with Gasteiger partial charge >= 0.3 is 0 Å². The maximum Gasteiger partial charge on any atom is 0.170 e. The molecule has 0 bridgehead atoms. The Hall–Kier alpha value is -2.68. The lowest BCUT2D eigenvalue weighted by atomic mass is 9.96. The molecule has 1 saturated heterocycles. The molecule has 0 spiro atoms. The molecule has 30 heavy (non-hydrogen) atoms. The number of nitrogens with one attached hydrogen (secondary N) is 1. The Bertz CT molecular complexity index is 959. The van der Waals surface area contributed by atoms with E-state index in [2.05, 4.69) is 20.4 Å². The quantitative estimate of drug-likeness (QED) is 0.577. The van der Waals surface area contributed by atoms with Gasteiger partial charge < -0.3 is 9.63 Å². The molecule has 1 fully saturated rings. The van der Waals surface area contributed by atoms with Crippen molar-refractivity contribution in [1.82, 2.24) is 20.4 Å². The highest BCUT2D eigenvalue weighted by molar-refractivity contribution is 5.58. The molecule has 2 aromatic heterocycles. The van der Waals surface area contributed by atoms with Crippen molar-refractivity contribution < 1.29 is 18.4 Å². The van der Waals surface area contributed by atoms with Crippen LogP contribution in [0.3, 0.4) is 0 Å². The maximum atomic E-state index is 13.9. The van der Waals surface area contributed by atoms with Crippen molar-refractivity contribution in [3.63, 3.8) is 0 Å². The summed E-state index contributed by atoms with van der Waals surface area (Å²) in [6, 6.07) is 10.6. The minimum atomic E-state index is -1.02. The number of piperidine rings is 1. The first-order chi connectivity index (χ1) is 14.6. The van der Waals surface area contributed by atoms with E-state index in [0.29, 0.717) is 12.5 Å². The van der Waals surface area contributed by atoms with Crippen LogP contribution in [0.2, 0.25) is 0 Å². The molecule has 3 heterocycles. The number of hydrogen-bond donors (Lipinski definition) is 2. The first-order valence-electron chi connectivity index (χ1n) is 10.0. The summed E-state index contributed by atoms with van der Waals surface area (Å²) in [5.41, 5.74) is 1.44. The number of hydrogen-bond acceptors (Lipinski definition) is 6. The van der Waals surface area contributed by atoms with E-state index in [-0.39, 0.29) is 17.0 Å². The fourth-order valence-electron chi connectivity index (χ4n) is 3.69. The Kier molecular flexibility index (Phi) is 6.47. The molecule has 0 radical (unpaired) electrons. The molecule has 1 unspecified atom stereocenters. The van der Waals surface area contributed by atoms with Gasteiger partial charge in [0.05, 0.1) is 11.3 Å². The number of aliphatic hydroxyl groups excluding tert-OH is 1. The van der Waals surface area contributed by atoms with Gasteiger partial charge in [0, 0.05) is 31.4 Å². The van der Waals surface area contributed by atoms with E-state index in [1.54, 1.807) is 0 Å². The van der Waals surface area contributed by atoms with Crippen LogP contribution in [-0.4, -0.2) is 39.8 Å². The van der Waals surface area contributed by atoms with Gasteiger partial charge in [0.15, 0.2) is 12.0 Å².